The van der Waals surface area contributed by atoms with Gasteiger partial charge >= 0.3 is 0 Å². The van der Waals surface area contributed by atoms with Gasteiger partial charge in [0.05, 0.1) is 21.4 Å². The van der Waals surface area contributed by atoms with Crippen LogP contribution in [0, 0.1) is 0 Å². The largest absolute Gasteiger partial charge is 0.349 e. The van der Waals surface area contributed by atoms with Crippen LogP contribution in [0.3, 0.4) is 0 Å². The second kappa shape index (κ2) is 7.73. The van der Waals surface area contributed by atoms with Gasteiger partial charge in [-0.25, -0.2) is 0 Å². The van der Waals surface area contributed by atoms with Gasteiger partial charge in [0.25, 0.3) is 0 Å². The van der Waals surface area contributed by atoms with Crippen LogP contribution >= 0.6 is 23.2 Å². The number of hydrogen-bond acceptors (Lipinski definition) is 5. The molecule has 0 aliphatic rings. The lowest BCUT2D eigenvalue weighted by atomic mass is 10.1. The molecule has 0 radical (unpaired) electrons. The minimum absolute atomic E-state index is 0.390. The first-order chi connectivity index (χ1) is 13.2. The van der Waals surface area contributed by atoms with Gasteiger partial charge in [0.1, 0.15) is 0 Å². The maximum Gasteiger partial charge on any atom is 0.248 e. The van der Waals surface area contributed by atoms with E-state index >= 15 is 0 Å². The van der Waals surface area contributed by atoms with Gasteiger partial charge in [-0.1, -0.05) is 70.8 Å². The van der Waals surface area contributed by atoms with Gasteiger partial charge < -0.3 is 5.32 Å². The lowest BCUT2D eigenvalue weighted by Crippen LogP contribution is -2.09. The van der Waals surface area contributed by atoms with Gasteiger partial charge in [0, 0.05) is 18.3 Å². The molecule has 134 valence electrons. The number of nitrogens with zero attached hydrogens (tertiary/aromatic N) is 5. The number of tetrazole rings is 1. The maximum absolute atomic E-state index is 6.29. The molecular weight excluding hydrogens is 383 g/mol. The molecule has 0 fully saturated rings. The van der Waals surface area contributed by atoms with E-state index < -0.39 is 0 Å². The molecule has 0 saturated heterocycles. The van der Waals surface area contributed by atoms with E-state index in [4.69, 9.17) is 23.2 Å². The Labute approximate surface area is 165 Å². The summed E-state index contributed by atoms with van der Waals surface area (Å²) in [6.07, 6.45) is 1.78. The Hall–Kier alpha value is -2.96. The monoisotopic (exact) mass is 396 g/mol. The normalized spacial score (nSPS) is 10.7. The first kappa shape index (κ1) is 17.5. The van der Waals surface area contributed by atoms with Crippen molar-refractivity contribution < 1.29 is 0 Å². The number of anilines is 1. The number of halogens is 2. The summed E-state index contributed by atoms with van der Waals surface area (Å²) in [6, 6.07) is 19.2. The lowest BCUT2D eigenvalue weighted by Gasteiger charge is -2.11. The zero-order valence-corrected chi connectivity index (χ0v) is 15.6. The average Bonchev–Trinajstić information content (AvgIpc) is 3.18. The number of pyridine rings is 1. The van der Waals surface area contributed by atoms with E-state index in [0.29, 0.717) is 28.2 Å². The Morgan fingerprint density at radius 1 is 0.926 bits per heavy atom. The maximum atomic E-state index is 6.29. The zero-order valence-electron chi connectivity index (χ0n) is 14.0. The van der Waals surface area contributed by atoms with E-state index in [1.165, 1.54) is 4.68 Å². The Bertz CT molecular complexity index is 1060. The van der Waals surface area contributed by atoms with Crippen LogP contribution in [-0.4, -0.2) is 25.2 Å². The number of aromatic nitrogens is 5. The highest BCUT2D eigenvalue weighted by Gasteiger charge is 2.14. The van der Waals surface area contributed by atoms with Crippen LogP contribution in [0.15, 0.2) is 66.9 Å². The molecule has 4 rings (SSSR count). The highest BCUT2D eigenvalue weighted by molar-refractivity contribution is 6.43. The van der Waals surface area contributed by atoms with Gasteiger partial charge in [0.2, 0.25) is 5.95 Å². The molecule has 0 unspecified atom stereocenters. The van der Waals surface area contributed by atoms with Gasteiger partial charge in [-0.2, -0.15) is 4.68 Å². The van der Waals surface area contributed by atoms with Crippen LogP contribution in [0.5, 0.6) is 0 Å². The molecule has 4 aromatic rings. The van der Waals surface area contributed by atoms with Crippen molar-refractivity contribution in [1.29, 1.82) is 0 Å². The van der Waals surface area contributed by atoms with Crippen LogP contribution in [0.4, 0.5) is 5.95 Å². The van der Waals surface area contributed by atoms with Crippen LogP contribution < -0.4 is 5.32 Å². The summed E-state index contributed by atoms with van der Waals surface area (Å²) in [4.78, 5) is 4.52. The topological polar surface area (TPSA) is 68.5 Å². The summed E-state index contributed by atoms with van der Waals surface area (Å²) in [6.45, 7) is 0.497. The summed E-state index contributed by atoms with van der Waals surface area (Å²) in [5.41, 5.74) is 3.58. The van der Waals surface area contributed by atoms with Crippen LogP contribution in [-0.2, 0) is 6.54 Å². The Kier molecular flexibility index (Phi) is 5.00. The molecule has 0 saturated carbocycles. The molecule has 0 aliphatic heterocycles. The summed E-state index contributed by atoms with van der Waals surface area (Å²) < 4.78 is 1.52. The molecule has 1 N–H and O–H groups in total. The SMILES string of the molecule is Clc1cccc(-n2nnnc2NCc2cccnc2-c2ccccc2)c1Cl. The standard InChI is InChI=1S/C19H14Cl2N6/c20-15-9-4-10-16(17(15)21)27-19(24-25-26-27)23-12-14-8-5-11-22-18(14)13-6-2-1-3-7-13/h1-11H,12H2,(H,23,24,26). The predicted octanol–water partition coefficient (Wildman–Crippen LogP) is 4.64. The fourth-order valence-corrected chi connectivity index (χ4v) is 3.10. The quantitative estimate of drug-likeness (QED) is 0.531. The minimum atomic E-state index is 0.390. The third-order valence-electron chi connectivity index (χ3n) is 4.00. The number of rotatable bonds is 5. The Morgan fingerprint density at radius 3 is 2.63 bits per heavy atom. The van der Waals surface area contributed by atoms with Crippen molar-refractivity contribution >= 4 is 29.2 Å². The molecule has 0 bridgehead atoms. The highest BCUT2D eigenvalue weighted by Crippen LogP contribution is 2.29. The van der Waals surface area contributed by atoms with E-state index in [1.54, 1.807) is 24.4 Å². The van der Waals surface area contributed by atoms with Gasteiger partial charge in [0.15, 0.2) is 0 Å². The molecule has 2 heterocycles. The summed E-state index contributed by atoms with van der Waals surface area (Å²) in [5.74, 6) is 0.460. The van der Waals surface area contributed by atoms with E-state index in [9.17, 15) is 0 Å². The number of hydrogen-bond donors (Lipinski definition) is 1. The third kappa shape index (κ3) is 3.63. The molecule has 0 atom stereocenters. The van der Waals surface area contributed by atoms with Crippen molar-refractivity contribution in [3.63, 3.8) is 0 Å². The molecule has 0 spiro atoms. The zero-order chi connectivity index (χ0) is 18.6. The lowest BCUT2D eigenvalue weighted by molar-refractivity contribution is 0.789. The molecular formula is C19H14Cl2N6. The molecule has 0 aliphatic carbocycles. The molecule has 6 nitrogen and oxygen atoms in total. The first-order valence-corrected chi connectivity index (χ1v) is 8.95. The third-order valence-corrected chi connectivity index (χ3v) is 4.81. The number of benzene rings is 2. The van der Waals surface area contributed by atoms with Gasteiger partial charge in [-0.15, -0.1) is 0 Å². The number of nitrogens with one attached hydrogen (secondary N) is 1. The van der Waals surface area contributed by atoms with Gasteiger partial charge in [-0.05, 0) is 34.2 Å². The summed E-state index contributed by atoms with van der Waals surface area (Å²) in [5, 5.41) is 15.9. The Morgan fingerprint density at radius 2 is 1.78 bits per heavy atom. The van der Waals surface area contributed by atoms with E-state index in [2.05, 4.69) is 25.8 Å². The predicted molar refractivity (Wildman–Crippen MR) is 106 cm³/mol. The molecule has 2 aromatic heterocycles. The van der Waals surface area contributed by atoms with E-state index in [1.807, 2.05) is 42.5 Å². The summed E-state index contributed by atoms with van der Waals surface area (Å²) in [7, 11) is 0. The van der Waals surface area contributed by atoms with Crippen LogP contribution in [0.25, 0.3) is 16.9 Å². The van der Waals surface area contributed by atoms with Crippen LogP contribution in [0.1, 0.15) is 5.56 Å². The average molecular weight is 397 g/mol. The second-order valence-electron chi connectivity index (χ2n) is 5.72. The van der Waals surface area contributed by atoms with Gasteiger partial charge in [-0.3, -0.25) is 4.98 Å². The highest BCUT2D eigenvalue weighted by atomic mass is 35.5. The fraction of sp³-hybridized carbons (Fsp3) is 0.0526. The minimum Gasteiger partial charge on any atom is -0.349 e. The molecule has 27 heavy (non-hydrogen) atoms. The molecule has 8 heteroatoms. The Balaban J connectivity index is 1.62. The summed E-state index contributed by atoms with van der Waals surface area (Å²) >= 11 is 12.4. The van der Waals surface area contributed by atoms with Crippen molar-refractivity contribution in [2.75, 3.05) is 5.32 Å². The van der Waals surface area contributed by atoms with Crippen molar-refractivity contribution in [3.05, 3.63) is 82.5 Å². The molecule has 2 aromatic carbocycles. The smallest absolute Gasteiger partial charge is 0.248 e. The van der Waals surface area contributed by atoms with Crippen molar-refractivity contribution in [2.24, 2.45) is 0 Å². The van der Waals surface area contributed by atoms with Crippen molar-refractivity contribution in [1.82, 2.24) is 25.2 Å². The van der Waals surface area contributed by atoms with Crippen molar-refractivity contribution in [3.8, 4) is 16.9 Å². The van der Waals surface area contributed by atoms with Crippen LogP contribution in [0.2, 0.25) is 10.0 Å². The molecule has 0 amide bonds. The van der Waals surface area contributed by atoms with E-state index in [0.717, 1.165) is 16.8 Å². The second-order valence-corrected chi connectivity index (χ2v) is 6.50. The van der Waals surface area contributed by atoms with Crippen molar-refractivity contribution in [2.45, 2.75) is 6.54 Å². The fourth-order valence-electron chi connectivity index (χ4n) is 2.73. The van der Waals surface area contributed by atoms with E-state index in [-0.39, 0.29) is 0 Å². The first-order valence-electron chi connectivity index (χ1n) is 8.20.